The van der Waals surface area contributed by atoms with Crippen molar-refractivity contribution in [2.75, 3.05) is 20.8 Å². The maximum Gasteiger partial charge on any atom is 0.315 e. The van der Waals surface area contributed by atoms with Crippen LogP contribution in [-0.4, -0.2) is 38.3 Å². The van der Waals surface area contributed by atoms with Crippen molar-refractivity contribution in [2.24, 2.45) is 10.9 Å². The summed E-state index contributed by atoms with van der Waals surface area (Å²) in [6, 6.07) is 5.46. The van der Waals surface area contributed by atoms with Gasteiger partial charge in [-0.3, -0.25) is 14.6 Å². The third-order valence-electron chi connectivity index (χ3n) is 5.60. The molecule has 6 nitrogen and oxygen atoms in total. The van der Waals surface area contributed by atoms with E-state index in [4.69, 9.17) is 14.2 Å². The van der Waals surface area contributed by atoms with E-state index in [0.717, 1.165) is 36.9 Å². The Hall–Kier alpha value is -2.63. The summed E-state index contributed by atoms with van der Waals surface area (Å²) in [7, 11) is 3.17. The van der Waals surface area contributed by atoms with Crippen molar-refractivity contribution in [3.8, 4) is 11.5 Å². The highest BCUT2D eigenvalue weighted by Crippen LogP contribution is 2.47. The van der Waals surface area contributed by atoms with Crippen LogP contribution in [0.2, 0.25) is 0 Å². The fourth-order valence-corrected chi connectivity index (χ4v) is 4.14. The summed E-state index contributed by atoms with van der Waals surface area (Å²) in [5.41, 5.74) is 2.83. The SMILES string of the molecule is CCCCOC(=O)C1C(C)=NC2=C(C(=O)CCC2)[C@@H]1c1cc(OC)ccc1OC. The molecule has 6 heteroatoms. The molecule has 2 atom stereocenters. The van der Waals surface area contributed by atoms with Gasteiger partial charge in [-0.15, -0.1) is 0 Å². The van der Waals surface area contributed by atoms with Crippen LogP contribution in [0.1, 0.15) is 57.4 Å². The molecule has 29 heavy (non-hydrogen) atoms. The smallest absolute Gasteiger partial charge is 0.315 e. The number of rotatable bonds is 7. The monoisotopic (exact) mass is 399 g/mol. The number of aliphatic imine (C=N–C) groups is 1. The quantitative estimate of drug-likeness (QED) is 0.507. The Labute approximate surface area is 171 Å². The summed E-state index contributed by atoms with van der Waals surface area (Å²) < 4.78 is 16.6. The molecule has 1 aliphatic carbocycles. The lowest BCUT2D eigenvalue weighted by molar-refractivity contribution is -0.146. The first kappa shape index (κ1) is 21.1. The molecule has 1 unspecified atom stereocenters. The van der Waals surface area contributed by atoms with Crippen LogP contribution in [-0.2, 0) is 14.3 Å². The molecule has 0 radical (unpaired) electrons. The van der Waals surface area contributed by atoms with Crippen molar-refractivity contribution in [1.82, 2.24) is 0 Å². The average Bonchev–Trinajstić information content (AvgIpc) is 2.72. The number of allylic oxidation sites excluding steroid dienone is 2. The first-order valence-corrected chi connectivity index (χ1v) is 10.2. The predicted octanol–water partition coefficient (Wildman–Crippen LogP) is 4.23. The molecule has 156 valence electrons. The van der Waals surface area contributed by atoms with E-state index >= 15 is 0 Å². The van der Waals surface area contributed by atoms with Gasteiger partial charge < -0.3 is 14.2 Å². The lowest BCUT2D eigenvalue weighted by Crippen LogP contribution is -2.37. The number of ether oxygens (including phenoxy) is 3. The van der Waals surface area contributed by atoms with E-state index in [1.54, 1.807) is 20.3 Å². The van der Waals surface area contributed by atoms with Crippen LogP contribution >= 0.6 is 0 Å². The fourth-order valence-electron chi connectivity index (χ4n) is 4.14. The molecular formula is C23H29NO5. The second-order valence-corrected chi connectivity index (χ2v) is 7.47. The molecule has 3 rings (SSSR count). The maximum atomic E-state index is 13.1. The Morgan fingerprint density at radius 2 is 2.00 bits per heavy atom. The van der Waals surface area contributed by atoms with Gasteiger partial charge in [-0.25, -0.2) is 0 Å². The Morgan fingerprint density at radius 1 is 1.21 bits per heavy atom. The lowest BCUT2D eigenvalue weighted by atomic mass is 9.71. The molecular weight excluding hydrogens is 370 g/mol. The van der Waals surface area contributed by atoms with E-state index in [-0.39, 0.29) is 11.8 Å². The van der Waals surface area contributed by atoms with E-state index in [1.807, 2.05) is 26.0 Å². The van der Waals surface area contributed by atoms with Gasteiger partial charge in [0.2, 0.25) is 0 Å². The molecule has 1 heterocycles. The van der Waals surface area contributed by atoms with E-state index in [0.29, 0.717) is 35.8 Å². The third kappa shape index (κ3) is 4.21. The predicted molar refractivity (Wildman–Crippen MR) is 111 cm³/mol. The number of Topliss-reactive ketones (excluding diaryl/α,β-unsaturated/α-hetero) is 1. The molecule has 0 fully saturated rings. The highest BCUT2D eigenvalue weighted by Gasteiger charge is 2.44. The summed E-state index contributed by atoms with van der Waals surface area (Å²) >= 11 is 0. The van der Waals surface area contributed by atoms with Gasteiger partial charge in [0, 0.05) is 34.9 Å². The van der Waals surface area contributed by atoms with Crippen molar-refractivity contribution in [3.63, 3.8) is 0 Å². The van der Waals surface area contributed by atoms with Crippen LogP contribution in [0.25, 0.3) is 0 Å². The van der Waals surface area contributed by atoms with Crippen LogP contribution in [0.4, 0.5) is 0 Å². The summed E-state index contributed by atoms with van der Waals surface area (Å²) in [4.78, 5) is 30.7. The van der Waals surface area contributed by atoms with Gasteiger partial charge in [0.05, 0.1) is 20.8 Å². The molecule has 0 saturated heterocycles. The molecule has 1 aromatic rings. The number of carbonyl (C=O) groups is 2. The lowest BCUT2D eigenvalue weighted by Gasteiger charge is -2.35. The number of hydrogen-bond acceptors (Lipinski definition) is 6. The molecule has 0 saturated carbocycles. The Balaban J connectivity index is 2.13. The Kier molecular flexibility index (Phi) is 6.72. The molecule has 2 aliphatic rings. The number of carbonyl (C=O) groups excluding carboxylic acids is 2. The van der Waals surface area contributed by atoms with Gasteiger partial charge in [-0.2, -0.15) is 0 Å². The fraction of sp³-hybridized carbons (Fsp3) is 0.522. The summed E-state index contributed by atoms with van der Waals surface area (Å²) in [5, 5.41) is 0. The van der Waals surface area contributed by atoms with E-state index in [2.05, 4.69) is 4.99 Å². The number of nitrogens with zero attached hydrogens (tertiary/aromatic N) is 1. The molecule has 1 aromatic carbocycles. The van der Waals surface area contributed by atoms with Crippen LogP contribution in [0, 0.1) is 5.92 Å². The molecule has 0 amide bonds. The molecule has 0 N–H and O–H groups in total. The highest BCUT2D eigenvalue weighted by molar-refractivity contribution is 6.09. The minimum atomic E-state index is -0.659. The molecule has 0 bridgehead atoms. The summed E-state index contributed by atoms with van der Waals surface area (Å²) in [6.45, 7) is 4.25. The first-order chi connectivity index (χ1) is 14.0. The van der Waals surface area contributed by atoms with Gasteiger partial charge in [0.25, 0.3) is 0 Å². The first-order valence-electron chi connectivity index (χ1n) is 10.2. The van der Waals surface area contributed by atoms with Gasteiger partial charge in [-0.1, -0.05) is 13.3 Å². The Bertz CT molecular complexity index is 855. The van der Waals surface area contributed by atoms with Crippen molar-refractivity contribution in [1.29, 1.82) is 0 Å². The van der Waals surface area contributed by atoms with Crippen LogP contribution < -0.4 is 9.47 Å². The summed E-state index contributed by atoms with van der Waals surface area (Å²) in [6.07, 6.45) is 3.72. The van der Waals surface area contributed by atoms with Crippen molar-refractivity contribution in [3.05, 3.63) is 35.0 Å². The molecule has 1 aliphatic heterocycles. The van der Waals surface area contributed by atoms with Gasteiger partial charge in [0.15, 0.2) is 5.78 Å². The largest absolute Gasteiger partial charge is 0.497 e. The van der Waals surface area contributed by atoms with E-state index in [1.165, 1.54) is 0 Å². The van der Waals surface area contributed by atoms with E-state index < -0.39 is 11.8 Å². The normalized spacial score (nSPS) is 21.4. The molecule has 0 aromatic heterocycles. The zero-order valence-electron chi connectivity index (χ0n) is 17.6. The highest BCUT2D eigenvalue weighted by atomic mass is 16.5. The van der Waals surface area contributed by atoms with Crippen molar-refractivity contribution >= 4 is 17.5 Å². The Morgan fingerprint density at radius 3 is 2.69 bits per heavy atom. The molecule has 0 spiro atoms. The summed E-state index contributed by atoms with van der Waals surface area (Å²) in [5.74, 6) is -0.196. The zero-order chi connectivity index (χ0) is 21.0. The third-order valence-corrected chi connectivity index (χ3v) is 5.60. The van der Waals surface area contributed by atoms with E-state index in [9.17, 15) is 9.59 Å². The number of esters is 1. The van der Waals surface area contributed by atoms with Crippen molar-refractivity contribution in [2.45, 2.75) is 51.9 Å². The van der Waals surface area contributed by atoms with Gasteiger partial charge in [-0.05, 0) is 44.4 Å². The number of unbranched alkanes of at least 4 members (excludes halogenated alkanes) is 1. The number of benzene rings is 1. The maximum absolute atomic E-state index is 13.1. The van der Waals surface area contributed by atoms with Gasteiger partial charge in [0.1, 0.15) is 17.4 Å². The standard InChI is InChI=1S/C23H29NO5/c1-5-6-12-29-23(26)20-14(2)24-17-8-7-9-18(25)22(17)21(20)16-13-15(27-3)10-11-19(16)28-4/h10-11,13,20-21H,5-9,12H2,1-4H3/t20?,21-/m1/s1. The van der Waals surface area contributed by atoms with Crippen LogP contribution in [0.5, 0.6) is 11.5 Å². The number of methoxy groups -OCH3 is 2. The number of ketones is 1. The minimum absolute atomic E-state index is 0.0451. The average molecular weight is 399 g/mol. The minimum Gasteiger partial charge on any atom is -0.497 e. The van der Waals surface area contributed by atoms with Crippen molar-refractivity contribution < 1.29 is 23.8 Å². The van der Waals surface area contributed by atoms with Crippen LogP contribution in [0.15, 0.2) is 34.5 Å². The zero-order valence-corrected chi connectivity index (χ0v) is 17.6. The van der Waals surface area contributed by atoms with Gasteiger partial charge >= 0.3 is 5.97 Å². The second kappa shape index (κ2) is 9.25. The van der Waals surface area contributed by atoms with Crippen LogP contribution in [0.3, 0.4) is 0 Å². The topological polar surface area (TPSA) is 74.2 Å². The second-order valence-electron chi connectivity index (χ2n) is 7.47. The number of hydrogen-bond donors (Lipinski definition) is 0.